The summed E-state index contributed by atoms with van der Waals surface area (Å²) < 4.78 is 5.46. The van der Waals surface area contributed by atoms with Crippen LogP contribution in [0.4, 0.5) is 0 Å². The molecule has 0 aromatic heterocycles. The van der Waals surface area contributed by atoms with Gasteiger partial charge < -0.3 is 15.4 Å². The minimum absolute atomic E-state index is 0.0850. The maximum absolute atomic E-state index is 11.1. The van der Waals surface area contributed by atoms with Crippen LogP contribution in [0.2, 0.25) is 0 Å². The average molecular weight is 228 g/mol. The molecule has 94 valence electrons. The van der Waals surface area contributed by atoms with Crippen molar-refractivity contribution >= 4 is 5.91 Å². The predicted octanol–water partition coefficient (Wildman–Crippen LogP) is 0.919. The number of piperidine rings is 1. The average Bonchev–Trinajstić information content (AvgIpc) is 2.30. The van der Waals surface area contributed by atoms with E-state index in [1.165, 1.54) is 12.8 Å². The van der Waals surface area contributed by atoms with Crippen molar-refractivity contribution in [2.24, 2.45) is 5.92 Å². The Hall–Kier alpha value is -0.610. The van der Waals surface area contributed by atoms with Crippen molar-refractivity contribution in [1.82, 2.24) is 10.6 Å². The van der Waals surface area contributed by atoms with Gasteiger partial charge in [-0.2, -0.15) is 0 Å². The smallest absolute Gasteiger partial charge is 0.222 e. The van der Waals surface area contributed by atoms with Crippen LogP contribution in [0.1, 0.15) is 32.6 Å². The molecule has 1 rings (SSSR count). The van der Waals surface area contributed by atoms with E-state index in [1.54, 1.807) is 0 Å². The number of amides is 1. The van der Waals surface area contributed by atoms with Crippen molar-refractivity contribution in [2.45, 2.75) is 32.6 Å². The molecule has 1 fully saturated rings. The molecule has 4 heteroatoms. The Morgan fingerprint density at radius 2 is 2.38 bits per heavy atom. The van der Waals surface area contributed by atoms with Crippen LogP contribution in [0.3, 0.4) is 0 Å². The molecule has 1 saturated heterocycles. The molecule has 4 nitrogen and oxygen atoms in total. The normalized spacial score (nSPS) is 20.7. The van der Waals surface area contributed by atoms with Crippen LogP contribution in [0, 0.1) is 5.92 Å². The number of rotatable bonds is 7. The Labute approximate surface area is 98.1 Å². The van der Waals surface area contributed by atoms with E-state index in [4.69, 9.17) is 4.74 Å². The van der Waals surface area contributed by atoms with Gasteiger partial charge in [-0.25, -0.2) is 0 Å². The summed E-state index contributed by atoms with van der Waals surface area (Å²) in [6.45, 7) is 6.24. The van der Waals surface area contributed by atoms with Crippen molar-refractivity contribution in [1.29, 1.82) is 0 Å². The summed E-state index contributed by atoms with van der Waals surface area (Å²) in [5.74, 6) is 0.847. The second-order valence-corrected chi connectivity index (χ2v) is 4.32. The van der Waals surface area contributed by atoms with Gasteiger partial charge in [0.2, 0.25) is 5.91 Å². The number of hydrogen-bond acceptors (Lipinski definition) is 3. The van der Waals surface area contributed by atoms with E-state index in [0.29, 0.717) is 19.6 Å². The van der Waals surface area contributed by atoms with Gasteiger partial charge in [-0.3, -0.25) is 4.79 Å². The van der Waals surface area contributed by atoms with Gasteiger partial charge in [0.15, 0.2) is 0 Å². The highest BCUT2D eigenvalue weighted by atomic mass is 16.5. The predicted molar refractivity (Wildman–Crippen MR) is 64.3 cm³/mol. The molecule has 0 saturated carbocycles. The molecule has 0 aromatic carbocycles. The fourth-order valence-corrected chi connectivity index (χ4v) is 1.97. The lowest BCUT2D eigenvalue weighted by atomic mass is 9.97. The van der Waals surface area contributed by atoms with Crippen LogP contribution < -0.4 is 10.6 Å². The summed E-state index contributed by atoms with van der Waals surface area (Å²) in [7, 11) is 0. The molecule has 0 aliphatic carbocycles. The molecule has 1 unspecified atom stereocenters. The summed E-state index contributed by atoms with van der Waals surface area (Å²) in [4.78, 5) is 11.1. The van der Waals surface area contributed by atoms with Gasteiger partial charge in [0.25, 0.3) is 0 Å². The highest BCUT2D eigenvalue weighted by Crippen LogP contribution is 2.13. The highest BCUT2D eigenvalue weighted by Gasteiger charge is 2.12. The number of carbonyl (C=O) groups excluding carboxylic acids is 1. The molecule has 16 heavy (non-hydrogen) atoms. The summed E-state index contributed by atoms with van der Waals surface area (Å²) in [5, 5.41) is 6.15. The summed E-state index contributed by atoms with van der Waals surface area (Å²) in [6, 6.07) is 0. The number of nitrogens with one attached hydrogen (secondary N) is 2. The van der Waals surface area contributed by atoms with E-state index in [1.807, 2.05) is 6.92 Å². The van der Waals surface area contributed by atoms with Gasteiger partial charge in [0, 0.05) is 19.6 Å². The van der Waals surface area contributed by atoms with Gasteiger partial charge in [0.1, 0.15) is 0 Å². The molecular weight excluding hydrogens is 204 g/mol. The van der Waals surface area contributed by atoms with Crippen LogP contribution >= 0.6 is 0 Å². The van der Waals surface area contributed by atoms with Crippen LogP contribution in [0.15, 0.2) is 0 Å². The Balaban J connectivity index is 1.89. The van der Waals surface area contributed by atoms with Crippen LogP contribution in [0.5, 0.6) is 0 Å². The Morgan fingerprint density at radius 3 is 3.06 bits per heavy atom. The lowest BCUT2D eigenvalue weighted by Gasteiger charge is -2.22. The fraction of sp³-hybridized carbons (Fsp3) is 0.917. The SMILES string of the molecule is CCNC(=O)CCOCCC1CCCNC1. The Bertz CT molecular complexity index is 191. The maximum atomic E-state index is 11.1. The number of carbonyl (C=O) groups is 1. The van der Waals surface area contributed by atoms with E-state index in [2.05, 4.69) is 10.6 Å². The van der Waals surface area contributed by atoms with Gasteiger partial charge in [0.05, 0.1) is 6.61 Å². The quantitative estimate of drug-likeness (QED) is 0.637. The van der Waals surface area contributed by atoms with Crippen molar-refractivity contribution in [3.05, 3.63) is 0 Å². The van der Waals surface area contributed by atoms with Crippen LogP contribution in [-0.4, -0.2) is 38.8 Å². The van der Waals surface area contributed by atoms with Gasteiger partial charge in [-0.15, -0.1) is 0 Å². The zero-order valence-corrected chi connectivity index (χ0v) is 10.3. The number of ether oxygens (including phenoxy) is 1. The minimum atomic E-state index is 0.0850. The second kappa shape index (κ2) is 8.53. The molecule has 1 atom stereocenters. The molecule has 0 spiro atoms. The van der Waals surface area contributed by atoms with Crippen molar-refractivity contribution in [3.8, 4) is 0 Å². The van der Waals surface area contributed by atoms with Crippen LogP contribution in [0.25, 0.3) is 0 Å². The standard InChI is InChI=1S/C12H24N2O2/c1-2-14-12(15)6-9-16-8-5-11-4-3-7-13-10-11/h11,13H,2-10H2,1H3,(H,14,15). The molecule has 0 aromatic rings. The second-order valence-electron chi connectivity index (χ2n) is 4.32. The first-order valence-corrected chi connectivity index (χ1v) is 6.38. The zero-order chi connectivity index (χ0) is 11.6. The van der Waals surface area contributed by atoms with E-state index in [0.717, 1.165) is 32.0 Å². The van der Waals surface area contributed by atoms with Crippen molar-refractivity contribution in [3.63, 3.8) is 0 Å². The molecular formula is C12H24N2O2. The lowest BCUT2D eigenvalue weighted by Crippen LogP contribution is -2.30. The summed E-state index contributed by atoms with van der Waals surface area (Å²) in [6.07, 6.45) is 4.19. The Kier molecular flexibility index (Phi) is 7.17. The Morgan fingerprint density at radius 1 is 1.50 bits per heavy atom. The van der Waals surface area contributed by atoms with Gasteiger partial charge in [-0.05, 0) is 45.2 Å². The third kappa shape index (κ3) is 6.08. The third-order valence-corrected chi connectivity index (χ3v) is 2.92. The van der Waals surface area contributed by atoms with Gasteiger partial charge in [-0.1, -0.05) is 0 Å². The zero-order valence-electron chi connectivity index (χ0n) is 10.3. The molecule has 1 aliphatic rings. The minimum Gasteiger partial charge on any atom is -0.381 e. The monoisotopic (exact) mass is 228 g/mol. The molecule has 1 amide bonds. The topological polar surface area (TPSA) is 50.4 Å². The number of hydrogen-bond donors (Lipinski definition) is 2. The highest BCUT2D eigenvalue weighted by molar-refractivity contribution is 5.75. The van der Waals surface area contributed by atoms with Crippen molar-refractivity contribution in [2.75, 3.05) is 32.8 Å². The first kappa shape index (κ1) is 13.5. The molecule has 1 heterocycles. The maximum Gasteiger partial charge on any atom is 0.222 e. The van der Waals surface area contributed by atoms with Crippen molar-refractivity contribution < 1.29 is 9.53 Å². The van der Waals surface area contributed by atoms with Crippen LogP contribution in [-0.2, 0) is 9.53 Å². The largest absolute Gasteiger partial charge is 0.381 e. The first-order chi connectivity index (χ1) is 7.83. The molecule has 0 bridgehead atoms. The lowest BCUT2D eigenvalue weighted by molar-refractivity contribution is -0.122. The van der Waals surface area contributed by atoms with E-state index in [-0.39, 0.29) is 5.91 Å². The third-order valence-electron chi connectivity index (χ3n) is 2.92. The molecule has 2 N–H and O–H groups in total. The molecule has 1 aliphatic heterocycles. The summed E-state index contributed by atoms with van der Waals surface area (Å²) >= 11 is 0. The van der Waals surface area contributed by atoms with E-state index < -0.39 is 0 Å². The van der Waals surface area contributed by atoms with E-state index >= 15 is 0 Å². The van der Waals surface area contributed by atoms with Gasteiger partial charge >= 0.3 is 0 Å². The first-order valence-electron chi connectivity index (χ1n) is 6.38. The fourth-order valence-electron chi connectivity index (χ4n) is 1.97. The molecule has 0 radical (unpaired) electrons. The van der Waals surface area contributed by atoms with E-state index in [9.17, 15) is 4.79 Å². The summed E-state index contributed by atoms with van der Waals surface area (Å²) in [5.41, 5.74) is 0.